The number of hydrogen-bond donors (Lipinski definition) is 0. The first-order valence-corrected chi connectivity index (χ1v) is 8.68. The predicted molar refractivity (Wildman–Crippen MR) is 97.9 cm³/mol. The summed E-state index contributed by atoms with van der Waals surface area (Å²) in [7, 11) is 0. The molecule has 4 rings (SSSR count). The molecule has 116 valence electrons. The maximum Gasteiger partial charge on any atom is 0.0780 e. The molecule has 1 nitrogen and oxygen atoms in total. The molecule has 1 heteroatoms. The molecule has 1 saturated carbocycles. The number of fused-ring (bicyclic) bond motifs is 1. The summed E-state index contributed by atoms with van der Waals surface area (Å²) < 4.78 is 0. The lowest BCUT2D eigenvalue weighted by molar-refractivity contribution is 0.724. The Hall–Kier alpha value is -2.15. The Balaban J connectivity index is 1.84. The van der Waals surface area contributed by atoms with Gasteiger partial charge < -0.3 is 0 Å². The van der Waals surface area contributed by atoms with E-state index >= 15 is 0 Å². The number of rotatable bonds is 2. The zero-order chi connectivity index (χ0) is 15.8. The van der Waals surface area contributed by atoms with E-state index in [1.54, 1.807) is 0 Å². The van der Waals surface area contributed by atoms with Gasteiger partial charge in [-0.05, 0) is 61.8 Å². The first-order valence-electron chi connectivity index (χ1n) is 8.68. The minimum absolute atomic E-state index is 0.761. The van der Waals surface area contributed by atoms with Crippen molar-refractivity contribution in [1.29, 1.82) is 0 Å². The molecule has 2 aromatic carbocycles. The van der Waals surface area contributed by atoms with Crippen molar-refractivity contribution in [1.82, 2.24) is 4.98 Å². The molecule has 1 aliphatic carbocycles. The molecule has 0 bridgehead atoms. The van der Waals surface area contributed by atoms with E-state index in [1.807, 2.05) is 6.20 Å². The van der Waals surface area contributed by atoms with Crippen LogP contribution in [0.2, 0.25) is 0 Å². The highest BCUT2D eigenvalue weighted by atomic mass is 14.7. The molecule has 0 amide bonds. The molecule has 1 aliphatic rings. The van der Waals surface area contributed by atoms with Crippen molar-refractivity contribution >= 4 is 10.8 Å². The van der Waals surface area contributed by atoms with Gasteiger partial charge in [0.1, 0.15) is 0 Å². The lowest BCUT2D eigenvalue weighted by Crippen LogP contribution is -1.93. The van der Waals surface area contributed by atoms with Gasteiger partial charge in [-0.25, -0.2) is 0 Å². The standard InChI is InChI=1S/C22H23N/c1-15-11-16(2)13-20(12-15)22-21-8-7-18(17-5-3-4-6-17)14-19(21)9-10-23-22/h7-14,17H,3-6H2,1-2H3. The molecule has 0 N–H and O–H groups in total. The molecule has 0 atom stereocenters. The Morgan fingerprint density at radius 2 is 1.61 bits per heavy atom. The first-order chi connectivity index (χ1) is 11.2. The van der Waals surface area contributed by atoms with Crippen LogP contribution in [0.25, 0.3) is 22.0 Å². The van der Waals surface area contributed by atoms with Crippen LogP contribution in [0.1, 0.15) is 48.3 Å². The van der Waals surface area contributed by atoms with Crippen molar-refractivity contribution in [2.45, 2.75) is 45.4 Å². The van der Waals surface area contributed by atoms with E-state index in [2.05, 4.69) is 61.3 Å². The average Bonchev–Trinajstić information content (AvgIpc) is 3.07. The maximum atomic E-state index is 4.69. The average molecular weight is 301 g/mol. The van der Waals surface area contributed by atoms with Crippen molar-refractivity contribution < 1.29 is 0 Å². The van der Waals surface area contributed by atoms with Crippen molar-refractivity contribution in [3.63, 3.8) is 0 Å². The Morgan fingerprint density at radius 1 is 0.870 bits per heavy atom. The molecule has 0 saturated heterocycles. The molecule has 0 aliphatic heterocycles. The molecule has 1 aromatic heterocycles. The normalized spacial score (nSPS) is 15.4. The van der Waals surface area contributed by atoms with E-state index in [0.717, 1.165) is 11.6 Å². The lowest BCUT2D eigenvalue weighted by Gasteiger charge is -2.13. The fourth-order valence-electron chi connectivity index (χ4n) is 4.05. The topological polar surface area (TPSA) is 12.9 Å². The molecule has 3 aromatic rings. The monoisotopic (exact) mass is 301 g/mol. The van der Waals surface area contributed by atoms with Crippen LogP contribution in [-0.4, -0.2) is 4.98 Å². The fourth-order valence-corrected chi connectivity index (χ4v) is 4.05. The van der Waals surface area contributed by atoms with E-state index in [-0.39, 0.29) is 0 Å². The van der Waals surface area contributed by atoms with Crippen molar-refractivity contribution in [2.75, 3.05) is 0 Å². The quantitative estimate of drug-likeness (QED) is 0.551. The van der Waals surface area contributed by atoms with Gasteiger partial charge in [-0.2, -0.15) is 0 Å². The van der Waals surface area contributed by atoms with Gasteiger partial charge in [0.2, 0.25) is 0 Å². The Bertz CT molecular complexity index is 837. The van der Waals surface area contributed by atoms with Crippen LogP contribution < -0.4 is 0 Å². The zero-order valence-corrected chi connectivity index (χ0v) is 14.0. The van der Waals surface area contributed by atoms with Crippen LogP contribution in [0.5, 0.6) is 0 Å². The van der Waals surface area contributed by atoms with E-state index in [0.29, 0.717) is 0 Å². The predicted octanol–water partition coefficient (Wildman–Crippen LogP) is 6.18. The summed E-state index contributed by atoms with van der Waals surface area (Å²) in [6.07, 6.45) is 7.41. The van der Waals surface area contributed by atoms with E-state index in [1.165, 1.54) is 58.7 Å². The Kier molecular flexibility index (Phi) is 3.65. The summed E-state index contributed by atoms with van der Waals surface area (Å²) in [6.45, 7) is 4.31. The van der Waals surface area contributed by atoms with Gasteiger partial charge in [0, 0.05) is 17.1 Å². The Morgan fingerprint density at radius 3 is 2.35 bits per heavy atom. The van der Waals surface area contributed by atoms with Gasteiger partial charge in [0.15, 0.2) is 0 Å². The van der Waals surface area contributed by atoms with E-state index in [9.17, 15) is 0 Å². The van der Waals surface area contributed by atoms with Crippen molar-refractivity contribution in [3.05, 3.63) is 65.4 Å². The third-order valence-corrected chi connectivity index (χ3v) is 5.11. The highest BCUT2D eigenvalue weighted by Crippen LogP contribution is 2.36. The number of nitrogens with zero attached hydrogens (tertiary/aromatic N) is 1. The molecular formula is C22H23N. The van der Waals surface area contributed by atoms with Crippen LogP contribution in [0.15, 0.2) is 48.7 Å². The molecular weight excluding hydrogens is 278 g/mol. The molecule has 0 radical (unpaired) electrons. The SMILES string of the molecule is Cc1cc(C)cc(-c2nccc3cc(C4CCCC4)ccc23)c1. The first kappa shape index (κ1) is 14.4. The third-order valence-electron chi connectivity index (χ3n) is 5.11. The van der Waals surface area contributed by atoms with Gasteiger partial charge in [-0.1, -0.05) is 48.2 Å². The molecule has 1 fully saturated rings. The summed E-state index contributed by atoms with van der Waals surface area (Å²) in [6, 6.07) is 15.8. The lowest BCUT2D eigenvalue weighted by atomic mass is 9.93. The molecule has 0 unspecified atom stereocenters. The summed E-state index contributed by atoms with van der Waals surface area (Å²) in [5.74, 6) is 0.761. The van der Waals surface area contributed by atoms with Gasteiger partial charge in [-0.15, -0.1) is 0 Å². The minimum Gasteiger partial charge on any atom is -0.256 e. The van der Waals surface area contributed by atoms with Gasteiger partial charge in [0.05, 0.1) is 5.69 Å². The Labute approximate surface area is 138 Å². The zero-order valence-electron chi connectivity index (χ0n) is 14.0. The second-order valence-corrected chi connectivity index (χ2v) is 7.00. The summed E-state index contributed by atoms with van der Waals surface area (Å²) in [4.78, 5) is 4.69. The number of pyridine rings is 1. The highest BCUT2D eigenvalue weighted by Gasteiger charge is 2.17. The van der Waals surface area contributed by atoms with E-state index < -0.39 is 0 Å². The smallest absolute Gasteiger partial charge is 0.0780 e. The molecule has 1 heterocycles. The molecule has 0 spiro atoms. The van der Waals surface area contributed by atoms with Gasteiger partial charge in [0.25, 0.3) is 0 Å². The third kappa shape index (κ3) is 2.76. The van der Waals surface area contributed by atoms with Crippen molar-refractivity contribution in [3.8, 4) is 11.3 Å². The van der Waals surface area contributed by atoms with Crippen LogP contribution in [0.4, 0.5) is 0 Å². The molecule has 23 heavy (non-hydrogen) atoms. The minimum atomic E-state index is 0.761. The highest BCUT2D eigenvalue weighted by molar-refractivity contribution is 5.95. The number of benzene rings is 2. The van der Waals surface area contributed by atoms with Gasteiger partial charge >= 0.3 is 0 Å². The van der Waals surface area contributed by atoms with Crippen LogP contribution >= 0.6 is 0 Å². The number of aromatic nitrogens is 1. The number of aryl methyl sites for hydroxylation is 2. The van der Waals surface area contributed by atoms with Crippen LogP contribution in [-0.2, 0) is 0 Å². The summed E-state index contributed by atoms with van der Waals surface area (Å²) in [5.41, 5.74) is 6.42. The second-order valence-electron chi connectivity index (χ2n) is 7.00. The van der Waals surface area contributed by atoms with Crippen LogP contribution in [0, 0.1) is 13.8 Å². The summed E-state index contributed by atoms with van der Waals surface area (Å²) in [5, 5.41) is 2.58. The fraction of sp³-hybridized carbons (Fsp3) is 0.318. The number of hydrogen-bond acceptors (Lipinski definition) is 1. The van der Waals surface area contributed by atoms with Gasteiger partial charge in [-0.3, -0.25) is 4.98 Å². The van der Waals surface area contributed by atoms with E-state index in [4.69, 9.17) is 0 Å². The van der Waals surface area contributed by atoms with Crippen LogP contribution in [0.3, 0.4) is 0 Å². The largest absolute Gasteiger partial charge is 0.256 e. The maximum absolute atomic E-state index is 4.69. The summed E-state index contributed by atoms with van der Waals surface area (Å²) >= 11 is 0. The van der Waals surface area contributed by atoms with Crippen molar-refractivity contribution in [2.24, 2.45) is 0 Å². The second kappa shape index (κ2) is 5.81.